The van der Waals surface area contributed by atoms with Gasteiger partial charge in [-0.15, -0.1) is 0 Å². The quantitative estimate of drug-likeness (QED) is 0.363. The van der Waals surface area contributed by atoms with Gasteiger partial charge in [0.05, 0.1) is 0 Å². The molecule has 44 heavy (non-hydrogen) atoms. The van der Waals surface area contributed by atoms with Crippen LogP contribution in [0.3, 0.4) is 0 Å². The minimum absolute atomic E-state index is 0.00712. The first kappa shape index (κ1) is 31.4. The van der Waals surface area contributed by atoms with E-state index in [4.69, 9.17) is 9.72 Å². The van der Waals surface area contributed by atoms with Crippen molar-refractivity contribution in [1.29, 1.82) is 0 Å². The Labute approximate surface area is 261 Å². The largest absolute Gasteiger partial charge is 0.444 e. The van der Waals surface area contributed by atoms with Crippen molar-refractivity contribution < 1.29 is 14.3 Å². The Balaban J connectivity index is 1.06. The van der Waals surface area contributed by atoms with E-state index < -0.39 is 5.60 Å². The van der Waals surface area contributed by atoms with E-state index in [2.05, 4.69) is 43.6 Å². The zero-order chi connectivity index (χ0) is 31.3. The van der Waals surface area contributed by atoms with Crippen molar-refractivity contribution in [3.05, 3.63) is 77.2 Å². The van der Waals surface area contributed by atoms with Crippen LogP contribution >= 0.6 is 0 Å². The van der Waals surface area contributed by atoms with Gasteiger partial charge in [0.25, 0.3) is 5.91 Å². The number of ether oxygens (including phenoxy) is 1. The van der Waals surface area contributed by atoms with Gasteiger partial charge in [0.15, 0.2) is 0 Å². The molecule has 0 spiro atoms. The number of rotatable bonds is 7. The number of hydrogen-bond acceptors (Lipinski definition) is 7. The van der Waals surface area contributed by atoms with Crippen LogP contribution in [0.25, 0.3) is 11.1 Å². The first-order valence-corrected chi connectivity index (χ1v) is 15.8. The Morgan fingerprint density at radius 3 is 2.20 bits per heavy atom. The van der Waals surface area contributed by atoms with Gasteiger partial charge in [-0.25, -0.2) is 9.78 Å². The second kappa shape index (κ2) is 13.8. The number of carbonyl (C=O) groups is 2. The Bertz CT molecular complexity index is 1420. The third-order valence-corrected chi connectivity index (χ3v) is 8.48. The molecule has 9 nitrogen and oxygen atoms in total. The molecule has 0 aliphatic carbocycles. The van der Waals surface area contributed by atoms with E-state index in [-0.39, 0.29) is 24.1 Å². The van der Waals surface area contributed by atoms with Crippen LogP contribution < -0.4 is 15.5 Å². The summed E-state index contributed by atoms with van der Waals surface area (Å²) >= 11 is 0. The van der Waals surface area contributed by atoms with Crippen LogP contribution in [0.1, 0.15) is 73.6 Å². The molecule has 0 unspecified atom stereocenters. The number of benzene rings is 1. The van der Waals surface area contributed by atoms with E-state index in [0.717, 1.165) is 92.2 Å². The lowest BCUT2D eigenvalue weighted by molar-refractivity contribution is 0.0497. The molecule has 2 N–H and O–H groups in total. The third kappa shape index (κ3) is 8.34. The first-order valence-electron chi connectivity index (χ1n) is 15.8. The zero-order valence-corrected chi connectivity index (χ0v) is 26.7. The van der Waals surface area contributed by atoms with Gasteiger partial charge in [0.1, 0.15) is 11.4 Å². The number of pyridine rings is 2. The summed E-state index contributed by atoms with van der Waals surface area (Å²) in [6.07, 6.45) is 7.07. The number of carbonyl (C=O) groups excluding carboxylic acids is 2. The van der Waals surface area contributed by atoms with E-state index in [1.165, 1.54) is 5.56 Å². The summed E-state index contributed by atoms with van der Waals surface area (Å²) in [5.74, 6) is 0.969. The monoisotopic (exact) mass is 598 g/mol. The second-order valence-electron chi connectivity index (χ2n) is 13.1. The molecule has 1 aromatic carbocycles. The van der Waals surface area contributed by atoms with E-state index >= 15 is 0 Å². The van der Waals surface area contributed by atoms with E-state index in [0.29, 0.717) is 0 Å². The number of piperidine rings is 2. The first-order chi connectivity index (χ1) is 21.0. The normalized spacial score (nSPS) is 16.9. The summed E-state index contributed by atoms with van der Waals surface area (Å²) in [4.78, 5) is 39.2. The van der Waals surface area contributed by atoms with Crippen LogP contribution in [-0.4, -0.2) is 70.7 Å². The summed E-state index contributed by atoms with van der Waals surface area (Å²) in [6.45, 7) is 14.0. The average molecular weight is 599 g/mol. The lowest BCUT2D eigenvalue weighted by Crippen LogP contribution is -2.46. The zero-order valence-electron chi connectivity index (χ0n) is 26.7. The SMILES string of the molecule is Cc1ccc(-c2cccc(C(=O)NC3CCN(Cc4ccc(N5CCC(NC(=O)OC(C)(C)C)CC5)nc4)CC3)c2C)cn1. The predicted octanol–water partition coefficient (Wildman–Crippen LogP) is 5.65. The molecule has 2 saturated heterocycles. The molecule has 2 fully saturated rings. The lowest BCUT2D eigenvalue weighted by atomic mass is 9.96. The van der Waals surface area contributed by atoms with E-state index in [1.54, 1.807) is 0 Å². The van der Waals surface area contributed by atoms with Gasteiger partial charge in [-0.2, -0.15) is 0 Å². The highest BCUT2D eigenvalue weighted by atomic mass is 16.6. The maximum atomic E-state index is 13.2. The topological polar surface area (TPSA) is 99.7 Å². The van der Waals surface area contributed by atoms with Gasteiger partial charge in [0, 0.05) is 74.0 Å². The van der Waals surface area contributed by atoms with Crippen LogP contribution in [-0.2, 0) is 11.3 Å². The summed E-state index contributed by atoms with van der Waals surface area (Å²) in [6, 6.07) is 14.5. The van der Waals surface area contributed by atoms with Crippen LogP contribution in [0.2, 0.25) is 0 Å². The van der Waals surface area contributed by atoms with Crippen LogP contribution in [0.15, 0.2) is 54.9 Å². The molecule has 234 valence electrons. The molecule has 2 aliphatic rings. The lowest BCUT2D eigenvalue weighted by Gasteiger charge is -2.34. The second-order valence-corrected chi connectivity index (χ2v) is 13.1. The van der Waals surface area contributed by atoms with Crippen molar-refractivity contribution in [3.8, 4) is 11.1 Å². The maximum Gasteiger partial charge on any atom is 0.407 e. The fraction of sp³-hybridized carbons (Fsp3) is 0.486. The van der Waals surface area contributed by atoms with Crippen LogP contribution in [0.4, 0.5) is 10.6 Å². The van der Waals surface area contributed by atoms with Crippen molar-refractivity contribution in [1.82, 2.24) is 25.5 Å². The number of nitrogens with one attached hydrogen (secondary N) is 2. The predicted molar refractivity (Wildman–Crippen MR) is 174 cm³/mol. The minimum atomic E-state index is -0.491. The van der Waals surface area contributed by atoms with Gasteiger partial charge in [-0.05, 0) is 95.2 Å². The number of amides is 2. The Morgan fingerprint density at radius 2 is 1.57 bits per heavy atom. The van der Waals surface area contributed by atoms with E-state index in [1.807, 2.05) is 71.3 Å². The number of nitrogens with zero attached hydrogens (tertiary/aromatic N) is 4. The fourth-order valence-electron chi connectivity index (χ4n) is 6.00. The average Bonchev–Trinajstić information content (AvgIpc) is 2.99. The minimum Gasteiger partial charge on any atom is -0.444 e. The molecule has 0 bridgehead atoms. The molecule has 2 aromatic heterocycles. The number of alkyl carbamates (subject to hydrolysis) is 1. The maximum absolute atomic E-state index is 13.2. The van der Waals surface area contributed by atoms with Crippen LogP contribution in [0, 0.1) is 13.8 Å². The summed E-state index contributed by atoms with van der Waals surface area (Å²) in [5.41, 5.74) is 5.44. The van der Waals surface area contributed by atoms with Crippen molar-refractivity contribution in [3.63, 3.8) is 0 Å². The molecule has 0 radical (unpaired) electrons. The van der Waals surface area contributed by atoms with Gasteiger partial charge in [-0.1, -0.05) is 24.3 Å². The molecule has 2 aliphatic heterocycles. The molecular weight excluding hydrogens is 552 g/mol. The molecule has 4 heterocycles. The Morgan fingerprint density at radius 1 is 0.864 bits per heavy atom. The number of aromatic nitrogens is 2. The highest BCUT2D eigenvalue weighted by Gasteiger charge is 2.25. The van der Waals surface area contributed by atoms with Crippen molar-refractivity contribution in [2.75, 3.05) is 31.1 Å². The fourth-order valence-corrected chi connectivity index (χ4v) is 6.00. The Hall–Kier alpha value is -3.98. The highest BCUT2D eigenvalue weighted by Crippen LogP contribution is 2.26. The molecule has 9 heteroatoms. The number of likely N-dealkylation sites (tertiary alicyclic amines) is 1. The van der Waals surface area contributed by atoms with Gasteiger partial charge < -0.3 is 20.3 Å². The van der Waals surface area contributed by atoms with E-state index in [9.17, 15) is 9.59 Å². The molecule has 0 saturated carbocycles. The van der Waals surface area contributed by atoms with Gasteiger partial charge in [0.2, 0.25) is 0 Å². The number of aryl methyl sites for hydroxylation is 1. The number of hydrogen-bond donors (Lipinski definition) is 2. The molecule has 3 aromatic rings. The molecule has 2 amide bonds. The van der Waals surface area contributed by atoms with Crippen molar-refractivity contribution in [2.45, 2.75) is 84.5 Å². The smallest absolute Gasteiger partial charge is 0.407 e. The summed E-state index contributed by atoms with van der Waals surface area (Å²) < 4.78 is 5.39. The molecule has 5 rings (SSSR count). The standard InChI is InChI=1S/C35H46N6O3/c1-24-9-11-27(22-36-24)30-7-6-8-31(25(30)2)33(42)38-28-13-17-40(18-14-28)23-26-10-12-32(37-21-26)41-19-15-29(16-20-41)39-34(43)44-35(3,4)5/h6-12,21-22,28-29H,13-20,23H2,1-5H3,(H,38,42)(H,39,43). The number of anilines is 1. The van der Waals surface area contributed by atoms with Crippen molar-refractivity contribution >= 4 is 17.8 Å². The highest BCUT2D eigenvalue weighted by molar-refractivity contribution is 5.97. The Kier molecular flexibility index (Phi) is 9.84. The molecule has 0 atom stereocenters. The van der Waals surface area contributed by atoms with Gasteiger partial charge >= 0.3 is 6.09 Å². The van der Waals surface area contributed by atoms with Crippen molar-refractivity contribution in [2.24, 2.45) is 0 Å². The third-order valence-electron chi connectivity index (χ3n) is 8.48. The van der Waals surface area contributed by atoms with Gasteiger partial charge in [-0.3, -0.25) is 14.7 Å². The summed E-state index contributed by atoms with van der Waals surface area (Å²) in [7, 11) is 0. The molecular formula is C35H46N6O3. The van der Waals surface area contributed by atoms with Crippen LogP contribution in [0.5, 0.6) is 0 Å². The summed E-state index contributed by atoms with van der Waals surface area (Å²) in [5, 5.41) is 6.28.